The number of hydrogen-bond acceptors (Lipinski definition) is 2. The van der Waals surface area contributed by atoms with Crippen LogP contribution in [-0.2, 0) is 6.54 Å². The van der Waals surface area contributed by atoms with E-state index in [0.717, 1.165) is 0 Å². The molecule has 7 heteroatoms. The Balaban J connectivity index is 2.72. The van der Waals surface area contributed by atoms with Crippen LogP contribution in [0.15, 0.2) is 18.2 Å². The maximum atomic E-state index is 12.5. The zero-order valence-electron chi connectivity index (χ0n) is 10.4. The Hall–Kier alpha value is -0.490. The van der Waals surface area contributed by atoms with Crippen LogP contribution < -0.4 is 5.32 Å². The van der Waals surface area contributed by atoms with Crippen LogP contribution in [0.5, 0.6) is 0 Å². The van der Waals surface area contributed by atoms with Gasteiger partial charge in [-0.15, -0.1) is 0 Å². The van der Waals surface area contributed by atoms with E-state index in [-0.39, 0.29) is 6.54 Å². The predicted octanol–water partition coefficient (Wildman–Crippen LogP) is 3.58. The van der Waals surface area contributed by atoms with Gasteiger partial charge in [0.05, 0.1) is 16.6 Å². The summed E-state index contributed by atoms with van der Waals surface area (Å²) in [4.78, 5) is 1.32. The average Bonchev–Trinajstić information content (AvgIpc) is 2.29. The number of nitrogens with zero attached hydrogens (tertiary/aromatic N) is 1. The summed E-state index contributed by atoms with van der Waals surface area (Å²) in [7, 11) is 1.70. The van der Waals surface area contributed by atoms with Crippen molar-refractivity contribution in [1.29, 1.82) is 0 Å². The van der Waals surface area contributed by atoms with E-state index in [1.165, 1.54) is 4.90 Å². The summed E-state index contributed by atoms with van der Waals surface area (Å²) in [5.41, 5.74) is 0.703. The van der Waals surface area contributed by atoms with Gasteiger partial charge in [0, 0.05) is 19.6 Å². The van der Waals surface area contributed by atoms with Gasteiger partial charge in [-0.3, -0.25) is 4.90 Å². The summed E-state index contributed by atoms with van der Waals surface area (Å²) in [6.07, 6.45) is -4.22. The number of alkyl halides is 3. The molecule has 0 aromatic heterocycles. The van der Waals surface area contributed by atoms with Crippen LogP contribution in [0.4, 0.5) is 13.2 Å². The smallest absolute Gasteiger partial charge is 0.318 e. The molecule has 0 atom stereocenters. The van der Waals surface area contributed by atoms with E-state index in [1.54, 1.807) is 25.2 Å². The lowest BCUT2D eigenvalue weighted by molar-refractivity contribution is -0.146. The molecule has 0 aliphatic rings. The van der Waals surface area contributed by atoms with E-state index in [2.05, 4.69) is 5.32 Å². The van der Waals surface area contributed by atoms with E-state index < -0.39 is 12.7 Å². The van der Waals surface area contributed by atoms with E-state index in [0.29, 0.717) is 28.7 Å². The van der Waals surface area contributed by atoms with Crippen LogP contribution in [0.3, 0.4) is 0 Å². The molecule has 0 spiro atoms. The van der Waals surface area contributed by atoms with Crippen molar-refractivity contribution in [2.24, 2.45) is 0 Å². The molecular weight excluding hydrogens is 300 g/mol. The van der Waals surface area contributed by atoms with Crippen LogP contribution in [0.2, 0.25) is 10.0 Å². The molecular formula is C12H15Cl2F3N2. The van der Waals surface area contributed by atoms with Gasteiger partial charge in [0.25, 0.3) is 0 Å². The van der Waals surface area contributed by atoms with Crippen LogP contribution in [0.25, 0.3) is 0 Å². The van der Waals surface area contributed by atoms with Gasteiger partial charge >= 0.3 is 6.18 Å². The van der Waals surface area contributed by atoms with E-state index >= 15 is 0 Å². The highest BCUT2D eigenvalue weighted by molar-refractivity contribution is 6.42. The fourth-order valence-electron chi connectivity index (χ4n) is 1.63. The maximum Gasteiger partial charge on any atom is 0.401 e. The lowest BCUT2D eigenvalue weighted by Gasteiger charge is -2.23. The minimum Gasteiger partial charge on any atom is -0.318 e. The van der Waals surface area contributed by atoms with Crippen molar-refractivity contribution in [1.82, 2.24) is 10.2 Å². The van der Waals surface area contributed by atoms with Gasteiger partial charge in [0.1, 0.15) is 0 Å². The van der Waals surface area contributed by atoms with Gasteiger partial charge in [-0.1, -0.05) is 29.3 Å². The molecule has 0 bridgehead atoms. The molecule has 0 aliphatic heterocycles. The second-order valence-corrected chi connectivity index (χ2v) is 4.99. The topological polar surface area (TPSA) is 15.3 Å². The first-order valence-corrected chi connectivity index (χ1v) is 6.45. The Labute approximate surface area is 120 Å². The Kier molecular flexibility index (Phi) is 6.39. The molecule has 2 nitrogen and oxygen atoms in total. The quantitative estimate of drug-likeness (QED) is 0.863. The predicted molar refractivity (Wildman–Crippen MR) is 71.7 cm³/mol. The van der Waals surface area contributed by atoms with E-state index in [9.17, 15) is 13.2 Å². The van der Waals surface area contributed by atoms with Crippen molar-refractivity contribution in [3.05, 3.63) is 33.8 Å². The van der Waals surface area contributed by atoms with Crippen molar-refractivity contribution in [2.75, 3.05) is 26.7 Å². The lowest BCUT2D eigenvalue weighted by Crippen LogP contribution is -2.37. The second-order valence-electron chi connectivity index (χ2n) is 4.18. The molecule has 0 heterocycles. The summed E-state index contributed by atoms with van der Waals surface area (Å²) >= 11 is 11.6. The Morgan fingerprint density at radius 1 is 1.21 bits per heavy atom. The molecule has 0 unspecified atom stereocenters. The third-order valence-corrected chi connectivity index (χ3v) is 3.21. The first kappa shape index (κ1) is 16.6. The van der Waals surface area contributed by atoms with Gasteiger partial charge in [0.15, 0.2) is 0 Å². The zero-order chi connectivity index (χ0) is 14.5. The monoisotopic (exact) mass is 314 g/mol. The van der Waals surface area contributed by atoms with E-state index in [1.807, 2.05) is 0 Å². The lowest BCUT2D eigenvalue weighted by atomic mass is 10.2. The molecule has 1 aromatic rings. The Bertz CT molecular complexity index is 410. The number of likely N-dealkylation sites (N-methyl/N-ethyl adjacent to an activating group) is 1. The highest BCUT2D eigenvalue weighted by atomic mass is 35.5. The van der Waals surface area contributed by atoms with Crippen molar-refractivity contribution in [2.45, 2.75) is 12.7 Å². The molecule has 19 heavy (non-hydrogen) atoms. The Morgan fingerprint density at radius 2 is 1.89 bits per heavy atom. The van der Waals surface area contributed by atoms with Crippen molar-refractivity contribution < 1.29 is 13.2 Å². The fourth-order valence-corrected chi connectivity index (χ4v) is 1.95. The standard InChI is InChI=1S/C12H15Cl2F3N2/c1-18-4-5-19(8-12(15,16)17)7-9-2-3-10(13)11(14)6-9/h2-3,6,18H,4-5,7-8H2,1H3. The van der Waals surface area contributed by atoms with Gasteiger partial charge in [-0.2, -0.15) is 13.2 Å². The summed E-state index contributed by atoms with van der Waals surface area (Å²) in [6.45, 7) is 0.0145. The summed E-state index contributed by atoms with van der Waals surface area (Å²) in [5.74, 6) is 0. The highest BCUT2D eigenvalue weighted by Crippen LogP contribution is 2.24. The van der Waals surface area contributed by atoms with Crippen molar-refractivity contribution >= 4 is 23.2 Å². The van der Waals surface area contributed by atoms with Gasteiger partial charge in [-0.05, 0) is 24.7 Å². The van der Waals surface area contributed by atoms with Crippen LogP contribution in [-0.4, -0.2) is 37.8 Å². The molecule has 1 aromatic carbocycles. The highest BCUT2D eigenvalue weighted by Gasteiger charge is 2.30. The first-order chi connectivity index (χ1) is 8.81. The second kappa shape index (κ2) is 7.33. The zero-order valence-corrected chi connectivity index (χ0v) is 11.9. The molecule has 0 saturated carbocycles. The SMILES string of the molecule is CNCCN(Cc1ccc(Cl)c(Cl)c1)CC(F)(F)F. The summed E-state index contributed by atoms with van der Waals surface area (Å²) in [6, 6.07) is 4.85. The van der Waals surface area contributed by atoms with Gasteiger partial charge < -0.3 is 5.32 Å². The van der Waals surface area contributed by atoms with Crippen molar-refractivity contribution in [3.63, 3.8) is 0 Å². The molecule has 1 N–H and O–H groups in total. The average molecular weight is 315 g/mol. The number of nitrogens with one attached hydrogen (secondary N) is 1. The van der Waals surface area contributed by atoms with Crippen LogP contribution >= 0.6 is 23.2 Å². The minimum absolute atomic E-state index is 0.179. The summed E-state index contributed by atoms with van der Waals surface area (Å²) < 4.78 is 37.4. The molecule has 1 rings (SSSR count). The molecule has 0 fully saturated rings. The van der Waals surface area contributed by atoms with Gasteiger partial charge in [-0.25, -0.2) is 0 Å². The fraction of sp³-hybridized carbons (Fsp3) is 0.500. The molecule has 0 amide bonds. The largest absolute Gasteiger partial charge is 0.401 e. The molecule has 0 radical (unpaired) electrons. The molecule has 108 valence electrons. The summed E-state index contributed by atoms with van der Waals surface area (Å²) in [5, 5.41) is 3.57. The maximum absolute atomic E-state index is 12.5. The first-order valence-electron chi connectivity index (χ1n) is 5.69. The Morgan fingerprint density at radius 3 is 2.42 bits per heavy atom. The molecule has 0 saturated heterocycles. The van der Waals surface area contributed by atoms with Crippen LogP contribution in [0.1, 0.15) is 5.56 Å². The van der Waals surface area contributed by atoms with E-state index in [4.69, 9.17) is 23.2 Å². The molecule has 0 aliphatic carbocycles. The number of rotatable bonds is 6. The van der Waals surface area contributed by atoms with Crippen molar-refractivity contribution in [3.8, 4) is 0 Å². The van der Waals surface area contributed by atoms with Crippen LogP contribution in [0, 0.1) is 0 Å². The minimum atomic E-state index is -4.22. The number of benzene rings is 1. The number of halogens is 5. The van der Waals surface area contributed by atoms with Gasteiger partial charge in [0.2, 0.25) is 0 Å². The third kappa shape index (κ3) is 6.47. The number of hydrogen-bond donors (Lipinski definition) is 1. The normalized spacial score (nSPS) is 12.2. The third-order valence-electron chi connectivity index (χ3n) is 2.47.